The minimum absolute atomic E-state index is 0.0100. The number of carbonyl (C=O) groups excluding carboxylic acids is 1. The maximum atomic E-state index is 11.9. The molecule has 0 radical (unpaired) electrons. The van der Waals surface area contributed by atoms with Crippen LogP contribution in [0.5, 0.6) is 0 Å². The second-order valence-corrected chi connectivity index (χ2v) is 4.86. The lowest BCUT2D eigenvalue weighted by Crippen LogP contribution is -2.44. The van der Waals surface area contributed by atoms with Crippen LogP contribution in [0.3, 0.4) is 0 Å². The average molecular weight is 301 g/mol. The summed E-state index contributed by atoms with van der Waals surface area (Å²) in [7, 11) is 0. The summed E-state index contributed by atoms with van der Waals surface area (Å²) < 4.78 is 0. The molecule has 1 aromatic carbocycles. The largest absolute Gasteiger partial charge is 0.480 e. The second kappa shape index (κ2) is 6.33. The maximum absolute atomic E-state index is 11.9. The third kappa shape index (κ3) is 3.67. The molecule has 7 nitrogen and oxygen atoms in total. The molecule has 8 heteroatoms. The Hall–Kier alpha value is -2.15. The summed E-state index contributed by atoms with van der Waals surface area (Å²) in [6, 6.07) is 2.30. The lowest BCUT2D eigenvalue weighted by atomic mass is 10.0. The van der Waals surface area contributed by atoms with Crippen molar-refractivity contribution in [2.24, 2.45) is 5.92 Å². The highest BCUT2D eigenvalue weighted by Crippen LogP contribution is 2.22. The topological polar surface area (TPSA) is 110 Å². The number of hydrogen-bond acceptors (Lipinski definition) is 4. The second-order valence-electron chi connectivity index (χ2n) is 4.45. The average Bonchev–Trinajstić information content (AvgIpc) is 2.34. The lowest BCUT2D eigenvalue weighted by Gasteiger charge is -2.18. The van der Waals surface area contributed by atoms with Crippen molar-refractivity contribution >= 4 is 29.2 Å². The van der Waals surface area contributed by atoms with Crippen molar-refractivity contribution in [1.29, 1.82) is 0 Å². The van der Waals surface area contributed by atoms with Gasteiger partial charge in [-0.3, -0.25) is 14.9 Å². The highest BCUT2D eigenvalue weighted by atomic mass is 35.5. The van der Waals surface area contributed by atoms with E-state index >= 15 is 0 Å². The predicted octanol–water partition coefficient (Wildman–Crippen LogP) is 2.09. The van der Waals surface area contributed by atoms with E-state index in [9.17, 15) is 19.7 Å². The van der Waals surface area contributed by atoms with Crippen LogP contribution in [0.15, 0.2) is 18.2 Å². The molecule has 0 aromatic heterocycles. The fourth-order valence-corrected chi connectivity index (χ4v) is 1.79. The highest BCUT2D eigenvalue weighted by molar-refractivity contribution is 6.34. The zero-order valence-electron chi connectivity index (χ0n) is 10.8. The minimum atomic E-state index is -1.16. The Bertz CT molecular complexity index is 559. The maximum Gasteiger partial charge on any atom is 0.326 e. The first-order valence-corrected chi connectivity index (χ1v) is 6.09. The number of nitrogens with one attached hydrogen (secondary N) is 1. The molecule has 1 rings (SSSR count). The van der Waals surface area contributed by atoms with Crippen molar-refractivity contribution in [3.05, 3.63) is 38.9 Å². The quantitative estimate of drug-likeness (QED) is 0.639. The normalized spacial score (nSPS) is 12.0. The van der Waals surface area contributed by atoms with Crippen LogP contribution < -0.4 is 5.32 Å². The number of hydrogen-bond donors (Lipinski definition) is 2. The van der Waals surface area contributed by atoms with Gasteiger partial charge in [0.2, 0.25) is 0 Å². The number of rotatable bonds is 5. The summed E-state index contributed by atoms with van der Waals surface area (Å²) in [6.45, 7) is 3.30. The highest BCUT2D eigenvalue weighted by Gasteiger charge is 2.25. The van der Waals surface area contributed by atoms with E-state index in [4.69, 9.17) is 16.7 Å². The first-order valence-electron chi connectivity index (χ1n) is 5.71. The van der Waals surface area contributed by atoms with E-state index in [2.05, 4.69) is 5.32 Å². The van der Waals surface area contributed by atoms with Crippen LogP contribution in [-0.4, -0.2) is 27.9 Å². The van der Waals surface area contributed by atoms with E-state index < -0.39 is 22.8 Å². The molecule has 0 bridgehead atoms. The van der Waals surface area contributed by atoms with Crippen molar-refractivity contribution in [2.75, 3.05) is 0 Å². The number of nitro benzene ring substituents is 1. The van der Waals surface area contributed by atoms with Crippen molar-refractivity contribution in [3.8, 4) is 0 Å². The summed E-state index contributed by atoms with van der Waals surface area (Å²) >= 11 is 5.80. The van der Waals surface area contributed by atoms with Crippen LogP contribution in [0.1, 0.15) is 24.2 Å². The molecule has 1 amide bonds. The standard InChI is InChI=1S/C12H13ClN2O5/c1-6(2)10(12(17)18)14-11(16)8-4-3-7(15(19)20)5-9(8)13/h3-6,10H,1-2H3,(H,14,16)(H,17,18). The van der Waals surface area contributed by atoms with Gasteiger partial charge in [-0.1, -0.05) is 25.4 Å². The van der Waals surface area contributed by atoms with E-state index in [1.165, 1.54) is 6.07 Å². The lowest BCUT2D eigenvalue weighted by molar-refractivity contribution is -0.384. The van der Waals surface area contributed by atoms with Gasteiger partial charge in [0, 0.05) is 12.1 Å². The van der Waals surface area contributed by atoms with E-state index in [1.54, 1.807) is 13.8 Å². The Morgan fingerprint density at radius 2 is 2.00 bits per heavy atom. The minimum Gasteiger partial charge on any atom is -0.480 e. The van der Waals surface area contributed by atoms with Crippen LogP contribution in [0.25, 0.3) is 0 Å². The summed E-state index contributed by atoms with van der Waals surface area (Å²) in [6.07, 6.45) is 0. The monoisotopic (exact) mass is 300 g/mol. The molecule has 0 fully saturated rings. The summed E-state index contributed by atoms with van der Waals surface area (Å²) in [5, 5.41) is 21.8. The number of carboxylic acids is 1. The van der Waals surface area contributed by atoms with Gasteiger partial charge < -0.3 is 10.4 Å². The molecule has 0 spiro atoms. The molecule has 2 N–H and O–H groups in total. The molecule has 0 aliphatic carbocycles. The van der Waals surface area contributed by atoms with Crippen LogP contribution >= 0.6 is 11.6 Å². The van der Waals surface area contributed by atoms with Crippen LogP contribution in [0.2, 0.25) is 5.02 Å². The zero-order chi connectivity index (χ0) is 15.4. The van der Waals surface area contributed by atoms with Crippen molar-refractivity contribution in [2.45, 2.75) is 19.9 Å². The Kier molecular flexibility index (Phi) is 5.04. The van der Waals surface area contributed by atoms with Gasteiger partial charge in [0.25, 0.3) is 11.6 Å². The van der Waals surface area contributed by atoms with E-state index in [1.807, 2.05) is 0 Å². The van der Waals surface area contributed by atoms with Crippen molar-refractivity contribution in [1.82, 2.24) is 5.32 Å². The zero-order valence-corrected chi connectivity index (χ0v) is 11.5. The number of amides is 1. The number of non-ortho nitro benzene ring substituents is 1. The number of nitrogens with zero attached hydrogens (tertiary/aromatic N) is 1. The number of aliphatic carboxylic acids is 1. The van der Waals surface area contributed by atoms with E-state index in [0.29, 0.717) is 0 Å². The van der Waals surface area contributed by atoms with Gasteiger partial charge in [-0.2, -0.15) is 0 Å². The third-order valence-corrected chi connectivity index (χ3v) is 2.94. The molecule has 0 aliphatic heterocycles. The molecular formula is C12H13ClN2O5. The molecule has 0 heterocycles. The van der Waals surface area contributed by atoms with Gasteiger partial charge in [-0.05, 0) is 12.0 Å². The third-order valence-electron chi connectivity index (χ3n) is 2.63. The number of benzene rings is 1. The molecule has 108 valence electrons. The Labute approximate surface area is 119 Å². The van der Waals surface area contributed by atoms with Gasteiger partial charge in [-0.15, -0.1) is 0 Å². The molecule has 0 saturated heterocycles. The SMILES string of the molecule is CC(C)C(NC(=O)c1ccc([N+](=O)[O-])cc1Cl)C(=O)O. The molecule has 1 aromatic rings. The van der Waals surface area contributed by atoms with Gasteiger partial charge in [0.1, 0.15) is 6.04 Å². The Balaban J connectivity index is 2.98. The predicted molar refractivity (Wildman–Crippen MR) is 71.8 cm³/mol. The fraction of sp³-hybridized carbons (Fsp3) is 0.333. The molecule has 0 saturated carbocycles. The van der Waals surface area contributed by atoms with Crippen LogP contribution in [0, 0.1) is 16.0 Å². The van der Waals surface area contributed by atoms with Crippen molar-refractivity contribution in [3.63, 3.8) is 0 Å². The molecule has 1 unspecified atom stereocenters. The number of nitro groups is 1. The smallest absolute Gasteiger partial charge is 0.326 e. The van der Waals surface area contributed by atoms with Gasteiger partial charge in [-0.25, -0.2) is 4.79 Å². The summed E-state index contributed by atoms with van der Waals surface area (Å²) in [5.41, 5.74) is -0.255. The van der Waals surface area contributed by atoms with Crippen LogP contribution in [0.4, 0.5) is 5.69 Å². The first-order chi connectivity index (χ1) is 9.23. The van der Waals surface area contributed by atoms with E-state index in [-0.39, 0.29) is 22.2 Å². The van der Waals surface area contributed by atoms with E-state index in [0.717, 1.165) is 12.1 Å². The van der Waals surface area contributed by atoms with Gasteiger partial charge in [0.05, 0.1) is 15.5 Å². The molecule has 20 heavy (non-hydrogen) atoms. The summed E-state index contributed by atoms with van der Waals surface area (Å²) in [4.78, 5) is 32.9. The molecular weight excluding hydrogens is 288 g/mol. The van der Waals surface area contributed by atoms with Crippen LogP contribution in [-0.2, 0) is 4.79 Å². The first kappa shape index (κ1) is 15.9. The summed E-state index contributed by atoms with van der Waals surface area (Å²) in [5.74, 6) is -2.16. The number of halogens is 1. The van der Waals surface area contributed by atoms with Gasteiger partial charge in [0.15, 0.2) is 0 Å². The Morgan fingerprint density at radius 3 is 2.40 bits per heavy atom. The molecule has 0 aliphatic rings. The van der Waals surface area contributed by atoms with Gasteiger partial charge >= 0.3 is 5.97 Å². The van der Waals surface area contributed by atoms with Crippen molar-refractivity contribution < 1.29 is 19.6 Å². The molecule has 1 atom stereocenters. The fourth-order valence-electron chi connectivity index (χ4n) is 1.53. The number of carboxylic acid groups (broad SMARTS) is 1. The Morgan fingerprint density at radius 1 is 1.40 bits per heavy atom. The number of carbonyl (C=O) groups is 2.